The van der Waals surface area contributed by atoms with Gasteiger partial charge < -0.3 is 50.4 Å². The van der Waals surface area contributed by atoms with Crippen molar-refractivity contribution >= 4 is 99.6 Å². The molecule has 24 nitrogen and oxygen atoms in total. The van der Waals surface area contributed by atoms with Crippen LogP contribution >= 0.6 is 34.4 Å². The van der Waals surface area contributed by atoms with E-state index >= 15 is 0 Å². The molecular weight excluding hydrogens is 1330 g/mol. The van der Waals surface area contributed by atoms with Crippen LogP contribution in [0.25, 0.3) is 10.9 Å². The zero-order chi connectivity index (χ0) is 66.1. The summed E-state index contributed by atoms with van der Waals surface area (Å²) < 4.78 is 45.2. The van der Waals surface area contributed by atoms with Gasteiger partial charge in [0.1, 0.15) is 25.3 Å². The average molecular weight is 1420 g/mol. The van der Waals surface area contributed by atoms with Gasteiger partial charge in [0.2, 0.25) is 29.5 Å². The first-order valence-electron chi connectivity index (χ1n) is 31.5. The highest BCUT2D eigenvalue weighted by Crippen LogP contribution is 2.32. The van der Waals surface area contributed by atoms with Gasteiger partial charge in [0.05, 0.1) is 49.9 Å². The second-order valence-electron chi connectivity index (χ2n) is 23.2. The van der Waals surface area contributed by atoms with Gasteiger partial charge in [-0.2, -0.15) is 11.8 Å². The summed E-state index contributed by atoms with van der Waals surface area (Å²) in [5.41, 5.74) is 1.96. The number of rotatable bonds is 36. The van der Waals surface area contributed by atoms with E-state index in [0.717, 1.165) is 47.0 Å². The number of carboxylic acids is 1. The number of carboxylic acid groups (broad SMARTS) is 1. The number of aromatic nitrogens is 1. The standard InChI is InChI=1S/C64H88F2IN11O13S/c1-2-51-38-64(65,66)43-78(51)60(84)39-71-62(87)53-19-23-68-55-18-17-52(37-54(53)55)91-35-7-5-9-49-20-25-77(26-21-49)59(83)12-4-3-6-22-70-63(88)56(42-92-36-24-69-57(81)11-8-10-48-13-15-50(67)16-14-48)72-58(82)40-73-27-28-74(41-61(85)86)30-32-76(45-90-47-80)34-33-75(31-29-73)44-89-46-79/h1,13-19,23,37,46-47,49,51,56H,3-12,20-22,24-36,38-45H2,(H,69,81)(H,70,88)(H,71,87)(H,72,82)(H,85,86)/t51-,56?/m0/s1. The van der Waals surface area contributed by atoms with E-state index in [-0.39, 0.29) is 55.6 Å². The van der Waals surface area contributed by atoms with Gasteiger partial charge in [-0.3, -0.25) is 67.7 Å². The SMILES string of the molecule is C#C[C@H]1CC(F)(F)CN1C(=O)CNC(=O)c1ccnc2ccc(OCCCCC3CCN(C(=O)CCCCCNC(=O)C(CSCCNC(=O)CCCc4ccc(I)cc4)NC(=O)CN4CCN(COC=O)CCN(COC=O)CCN(CC(=O)O)CC4)CC3)cc12. The number of hydrogen-bond donors (Lipinski definition) is 5. The van der Waals surface area contributed by atoms with Crippen LogP contribution in [0.3, 0.4) is 0 Å². The molecule has 92 heavy (non-hydrogen) atoms. The van der Waals surface area contributed by atoms with Crippen molar-refractivity contribution in [3.8, 4) is 18.1 Å². The predicted molar refractivity (Wildman–Crippen MR) is 350 cm³/mol. The summed E-state index contributed by atoms with van der Waals surface area (Å²) >= 11 is 3.68. The number of terminal acetylenes is 1. The number of hydrogen-bond acceptors (Lipinski definition) is 18. The van der Waals surface area contributed by atoms with Crippen LogP contribution in [0, 0.1) is 21.8 Å². The molecule has 0 saturated carbocycles. The molecule has 3 aliphatic heterocycles. The van der Waals surface area contributed by atoms with Crippen molar-refractivity contribution in [3.63, 3.8) is 0 Å². The number of carbonyl (C=O) groups is 9. The Balaban J connectivity index is 0.906. The molecule has 3 aromatic rings. The lowest BCUT2D eigenvalue weighted by Crippen LogP contribution is -2.53. The minimum Gasteiger partial charge on any atom is -0.494 e. The van der Waals surface area contributed by atoms with Gasteiger partial charge in [0.25, 0.3) is 24.8 Å². The van der Waals surface area contributed by atoms with Gasteiger partial charge in [-0.25, -0.2) is 8.78 Å². The first-order valence-corrected chi connectivity index (χ1v) is 33.7. The highest BCUT2D eigenvalue weighted by Gasteiger charge is 2.46. The molecule has 4 heterocycles. The van der Waals surface area contributed by atoms with Crippen LogP contribution in [0.5, 0.6) is 5.75 Å². The number of aryl methyl sites for hydroxylation is 1. The number of carbonyl (C=O) groups excluding carboxylic acids is 8. The minimum atomic E-state index is -3.09. The van der Waals surface area contributed by atoms with Crippen LogP contribution in [0.2, 0.25) is 0 Å². The Kier molecular flexibility index (Phi) is 32.6. The lowest BCUT2D eigenvalue weighted by molar-refractivity contribution is -0.139. The number of nitrogens with zero attached hydrogens (tertiary/aromatic N) is 7. The van der Waals surface area contributed by atoms with Crippen molar-refractivity contribution in [1.82, 2.24) is 55.7 Å². The number of likely N-dealkylation sites (tertiary alicyclic amines) is 2. The van der Waals surface area contributed by atoms with E-state index in [2.05, 4.69) is 66.9 Å². The van der Waals surface area contributed by atoms with Crippen LogP contribution in [0.15, 0.2) is 54.7 Å². The normalized spacial score (nSPS) is 17.5. The molecule has 6 rings (SSSR count). The Hall–Kier alpha value is -6.78. The fourth-order valence-corrected chi connectivity index (χ4v) is 12.4. The van der Waals surface area contributed by atoms with Crippen LogP contribution < -0.4 is 26.0 Å². The molecule has 6 amide bonds. The molecule has 0 spiro atoms. The first-order chi connectivity index (χ1) is 44.4. The third-order valence-electron chi connectivity index (χ3n) is 16.3. The maximum atomic E-state index is 14.0. The molecular formula is C64H88F2IN11O13S. The van der Waals surface area contributed by atoms with Crippen molar-refractivity contribution in [3.05, 3.63) is 69.4 Å². The molecule has 504 valence electrons. The number of ether oxygens (including phenoxy) is 3. The van der Waals surface area contributed by atoms with Crippen molar-refractivity contribution < 1.29 is 71.2 Å². The summed E-state index contributed by atoms with van der Waals surface area (Å²) in [6.45, 7) is 4.38. The number of alkyl halides is 2. The van der Waals surface area contributed by atoms with Gasteiger partial charge in [-0.15, -0.1) is 6.42 Å². The zero-order valence-corrected chi connectivity index (χ0v) is 55.2. The second kappa shape index (κ2) is 40.4. The Morgan fingerprint density at radius 3 is 2.10 bits per heavy atom. The third-order valence-corrected chi connectivity index (χ3v) is 18.1. The van der Waals surface area contributed by atoms with Gasteiger partial charge >= 0.3 is 5.97 Å². The molecule has 28 heteroatoms. The van der Waals surface area contributed by atoms with Crippen LogP contribution in [-0.4, -0.2) is 248 Å². The van der Waals surface area contributed by atoms with E-state index in [1.165, 1.54) is 29.6 Å². The van der Waals surface area contributed by atoms with Gasteiger partial charge in [-0.05, 0) is 122 Å². The van der Waals surface area contributed by atoms with Crippen molar-refractivity contribution in [2.75, 3.05) is 136 Å². The average Bonchev–Trinajstić information content (AvgIpc) is 1.21. The topological polar surface area (TPSA) is 282 Å². The first kappa shape index (κ1) is 74.3. The molecule has 5 N–H and O–H groups in total. The number of nitrogens with one attached hydrogen (secondary N) is 4. The molecule has 3 fully saturated rings. The molecule has 2 aromatic carbocycles. The summed E-state index contributed by atoms with van der Waals surface area (Å²) in [5.74, 6) is -2.14. The fourth-order valence-electron chi connectivity index (χ4n) is 11.2. The van der Waals surface area contributed by atoms with Crippen LogP contribution in [-0.2, 0) is 54.3 Å². The molecule has 1 aromatic heterocycles. The number of aliphatic carboxylic acids is 1. The molecule has 0 radical (unpaired) electrons. The number of piperidine rings is 1. The number of fused-ring (bicyclic) bond motifs is 1. The van der Waals surface area contributed by atoms with Crippen LogP contribution in [0.4, 0.5) is 8.78 Å². The smallest absolute Gasteiger partial charge is 0.317 e. The number of thioether (sulfide) groups is 1. The van der Waals surface area contributed by atoms with Gasteiger partial charge in [0.15, 0.2) is 0 Å². The summed E-state index contributed by atoms with van der Waals surface area (Å²) in [6.07, 6.45) is 15.0. The van der Waals surface area contributed by atoms with E-state index in [0.29, 0.717) is 165 Å². The predicted octanol–water partition coefficient (Wildman–Crippen LogP) is 3.83. The third kappa shape index (κ3) is 27.0. The molecule has 0 bridgehead atoms. The summed E-state index contributed by atoms with van der Waals surface area (Å²) in [4.78, 5) is 128. The maximum absolute atomic E-state index is 14.0. The Bertz CT molecular complexity index is 2930. The van der Waals surface area contributed by atoms with Gasteiger partial charge in [-0.1, -0.05) is 30.9 Å². The van der Waals surface area contributed by atoms with Gasteiger partial charge in [0, 0.05) is 124 Å². The number of halogens is 3. The van der Waals surface area contributed by atoms with Crippen molar-refractivity contribution in [2.45, 2.75) is 101 Å². The maximum Gasteiger partial charge on any atom is 0.317 e. The Morgan fingerprint density at radius 1 is 0.761 bits per heavy atom. The number of pyridine rings is 1. The largest absolute Gasteiger partial charge is 0.494 e. The Labute approximate surface area is 554 Å². The summed E-state index contributed by atoms with van der Waals surface area (Å²) in [6, 6.07) is 13.0. The lowest BCUT2D eigenvalue weighted by Gasteiger charge is -2.33. The second-order valence-corrected chi connectivity index (χ2v) is 25.6. The Morgan fingerprint density at radius 2 is 1.43 bits per heavy atom. The number of amides is 6. The van der Waals surface area contributed by atoms with Crippen molar-refractivity contribution in [2.24, 2.45) is 5.92 Å². The van der Waals surface area contributed by atoms with Crippen LogP contribution in [0.1, 0.15) is 93.0 Å². The van der Waals surface area contributed by atoms with E-state index in [1.807, 2.05) is 31.7 Å². The van der Waals surface area contributed by atoms with E-state index in [1.54, 1.807) is 23.1 Å². The lowest BCUT2D eigenvalue weighted by atomic mass is 9.91. The molecule has 3 aliphatic rings. The zero-order valence-electron chi connectivity index (χ0n) is 52.2. The molecule has 1 unspecified atom stereocenters. The minimum absolute atomic E-state index is 0.00248. The fraction of sp³-hybridized carbons (Fsp3) is 0.594. The van der Waals surface area contributed by atoms with E-state index in [9.17, 15) is 57.0 Å². The monoisotopic (exact) mass is 1420 g/mol. The molecule has 2 atom stereocenters. The molecule has 0 aliphatic carbocycles. The summed E-state index contributed by atoms with van der Waals surface area (Å²) in [5, 5.41) is 21.6. The van der Waals surface area contributed by atoms with E-state index < -0.39 is 61.2 Å². The molecule has 3 saturated heterocycles. The quantitative estimate of drug-likeness (QED) is 0.0239. The highest BCUT2D eigenvalue weighted by atomic mass is 127. The number of unbranched alkanes of at least 4 members (excludes halogenated alkanes) is 3. The van der Waals surface area contributed by atoms with E-state index in [4.69, 9.17) is 20.6 Å². The highest BCUT2D eigenvalue weighted by molar-refractivity contribution is 14.1. The summed E-state index contributed by atoms with van der Waals surface area (Å²) in [7, 11) is 0. The number of benzene rings is 2. The van der Waals surface area contributed by atoms with Crippen molar-refractivity contribution in [1.29, 1.82) is 0 Å².